The predicted molar refractivity (Wildman–Crippen MR) is 197 cm³/mol. The van der Waals surface area contributed by atoms with Gasteiger partial charge in [0.25, 0.3) is 0 Å². The number of hydrogen-bond donors (Lipinski definition) is 0. The molecule has 0 bridgehead atoms. The van der Waals surface area contributed by atoms with E-state index in [0.717, 1.165) is 44.5 Å². The number of pyridine rings is 2. The minimum absolute atomic E-state index is 0.486. The molecular formula is C43H28N6. The van der Waals surface area contributed by atoms with Crippen LogP contribution in [0.15, 0.2) is 170 Å². The average Bonchev–Trinajstić information content (AvgIpc) is 3.52. The third-order valence-electron chi connectivity index (χ3n) is 8.76. The summed E-state index contributed by atoms with van der Waals surface area (Å²) in [4.78, 5) is 24.1. The van der Waals surface area contributed by atoms with E-state index in [4.69, 9.17) is 15.0 Å². The molecule has 0 aliphatic heterocycles. The third-order valence-corrected chi connectivity index (χ3v) is 8.76. The van der Waals surface area contributed by atoms with Gasteiger partial charge in [0, 0.05) is 39.9 Å². The molecule has 0 saturated heterocycles. The second kappa shape index (κ2) is 12.1. The highest BCUT2D eigenvalue weighted by Crippen LogP contribution is 2.43. The van der Waals surface area contributed by atoms with Crippen molar-refractivity contribution in [3.8, 4) is 62.4 Å². The van der Waals surface area contributed by atoms with Gasteiger partial charge in [-0.05, 0) is 59.7 Å². The lowest BCUT2D eigenvalue weighted by Gasteiger charge is -2.21. The van der Waals surface area contributed by atoms with E-state index in [1.54, 1.807) is 12.4 Å². The molecule has 4 aromatic heterocycles. The molecule has 9 aromatic rings. The van der Waals surface area contributed by atoms with Gasteiger partial charge in [0.15, 0.2) is 17.5 Å². The first-order valence-corrected chi connectivity index (χ1v) is 16.2. The first kappa shape index (κ1) is 28.4. The molecule has 9 rings (SSSR count). The second-order valence-corrected chi connectivity index (χ2v) is 11.8. The van der Waals surface area contributed by atoms with Crippen molar-refractivity contribution in [1.29, 1.82) is 0 Å². The summed E-state index contributed by atoms with van der Waals surface area (Å²) >= 11 is 0. The van der Waals surface area contributed by atoms with Crippen molar-refractivity contribution < 1.29 is 0 Å². The zero-order valence-corrected chi connectivity index (χ0v) is 26.3. The van der Waals surface area contributed by atoms with Crippen molar-refractivity contribution >= 4 is 21.8 Å². The zero-order chi connectivity index (χ0) is 32.6. The molecule has 49 heavy (non-hydrogen) atoms. The van der Waals surface area contributed by atoms with Gasteiger partial charge in [0.1, 0.15) is 11.4 Å². The fourth-order valence-corrected chi connectivity index (χ4v) is 6.57. The smallest absolute Gasteiger partial charge is 0.182 e. The zero-order valence-electron chi connectivity index (χ0n) is 26.3. The number of benzene rings is 5. The summed E-state index contributed by atoms with van der Waals surface area (Å²) in [5.41, 5.74) is 9.84. The number of nitrogens with zero attached hydrogens (tertiary/aromatic N) is 6. The second-order valence-electron chi connectivity index (χ2n) is 11.8. The van der Waals surface area contributed by atoms with Crippen LogP contribution in [-0.2, 0) is 0 Å². The number of rotatable bonds is 6. The van der Waals surface area contributed by atoms with Crippen LogP contribution in [0.5, 0.6) is 0 Å². The van der Waals surface area contributed by atoms with E-state index in [-0.39, 0.29) is 0 Å². The maximum absolute atomic E-state index is 5.04. The van der Waals surface area contributed by atoms with Crippen molar-refractivity contribution in [1.82, 2.24) is 29.5 Å². The monoisotopic (exact) mass is 628 g/mol. The lowest BCUT2D eigenvalue weighted by molar-refractivity contribution is 1.05. The van der Waals surface area contributed by atoms with Crippen LogP contribution in [0.25, 0.3) is 84.2 Å². The van der Waals surface area contributed by atoms with Crippen LogP contribution in [0.4, 0.5) is 0 Å². The SMILES string of the molecule is c1ccc(-c2cc(-c3nc(-c4ccccn4)nc(-c4ccccn4)n3)cc(-c3ccccc3)c2-n2c3ccccc3c3ccccc32)cc1. The van der Waals surface area contributed by atoms with E-state index in [1.165, 1.54) is 10.8 Å². The van der Waals surface area contributed by atoms with Gasteiger partial charge >= 0.3 is 0 Å². The van der Waals surface area contributed by atoms with Gasteiger partial charge in [-0.25, -0.2) is 15.0 Å². The molecular weight excluding hydrogens is 601 g/mol. The van der Waals surface area contributed by atoms with Crippen molar-refractivity contribution in [2.24, 2.45) is 0 Å². The summed E-state index contributed by atoms with van der Waals surface area (Å²) in [6.45, 7) is 0. The molecule has 0 atom stereocenters. The predicted octanol–water partition coefficient (Wildman–Crippen LogP) is 10.1. The summed E-state index contributed by atoms with van der Waals surface area (Å²) in [7, 11) is 0. The Balaban J connectivity index is 1.40. The van der Waals surface area contributed by atoms with E-state index in [0.29, 0.717) is 28.9 Å². The molecule has 0 spiro atoms. The van der Waals surface area contributed by atoms with Crippen LogP contribution < -0.4 is 0 Å². The average molecular weight is 629 g/mol. The van der Waals surface area contributed by atoms with E-state index in [2.05, 4.69) is 136 Å². The molecule has 6 heteroatoms. The number of fused-ring (bicyclic) bond motifs is 3. The van der Waals surface area contributed by atoms with Gasteiger partial charge in [-0.2, -0.15) is 0 Å². The molecule has 230 valence electrons. The Labute approximate surface area is 283 Å². The molecule has 0 amide bonds. The van der Waals surface area contributed by atoms with Crippen LogP contribution in [0, 0.1) is 0 Å². The Kier molecular flexibility index (Phi) is 7.02. The van der Waals surface area contributed by atoms with Crippen molar-refractivity contribution in [2.45, 2.75) is 0 Å². The van der Waals surface area contributed by atoms with Crippen molar-refractivity contribution in [3.63, 3.8) is 0 Å². The maximum Gasteiger partial charge on any atom is 0.182 e. The highest BCUT2D eigenvalue weighted by atomic mass is 15.1. The normalized spacial score (nSPS) is 11.3. The quantitative estimate of drug-likeness (QED) is 0.183. The minimum Gasteiger partial charge on any atom is -0.308 e. The summed E-state index contributed by atoms with van der Waals surface area (Å²) < 4.78 is 2.41. The van der Waals surface area contributed by atoms with Gasteiger partial charge in [-0.1, -0.05) is 109 Å². The molecule has 6 nitrogen and oxygen atoms in total. The van der Waals surface area contributed by atoms with Gasteiger partial charge in [-0.3, -0.25) is 9.97 Å². The summed E-state index contributed by atoms with van der Waals surface area (Å²) in [6, 6.07) is 54.2. The molecule has 0 aliphatic carbocycles. The lowest BCUT2D eigenvalue weighted by Crippen LogP contribution is -2.04. The molecule has 0 saturated carbocycles. The Morgan fingerprint density at radius 1 is 0.367 bits per heavy atom. The topological polar surface area (TPSA) is 69.4 Å². The number of para-hydroxylation sites is 2. The molecule has 0 unspecified atom stereocenters. The van der Waals surface area contributed by atoms with E-state index in [9.17, 15) is 0 Å². The van der Waals surface area contributed by atoms with Gasteiger partial charge in [0.05, 0.1) is 16.7 Å². The summed E-state index contributed by atoms with van der Waals surface area (Å²) in [5, 5.41) is 2.41. The summed E-state index contributed by atoms with van der Waals surface area (Å²) in [5.74, 6) is 1.51. The highest BCUT2D eigenvalue weighted by molar-refractivity contribution is 6.10. The van der Waals surface area contributed by atoms with E-state index in [1.807, 2.05) is 36.4 Å². The fourth-order valence-electron chi connectivity index (χ4n) is 6.57. The molecule has 4 heterocycles. The van der Waals surface area contributed by atoms with Gasteiger partial charge < -0.3 is 4.57 Å². The van der Waals surface area contributed by atoms with Crippen molar-refractivity contribution in [3.05, 3.63) is 170 Å². The van der Waals surface area contributed by atoms with Crippen LogP contribution in [0.2, 0.25) is 0 Å². The number of hydrogen-bond acceptors (Lipinski definition) is 5. The van der Waals surface area contributed by atoms with Crippen LogP contribution in [0.1, 0.15) is 0 Å². The number of aromatic nitrogens is 6. The fraction of sp³-hybridized carbons (Fsp3) is 0. The Morgan fingerprint density at radius 2 is 0.796 bits per heavy atom. The van der Waals surface area contributed by atoms with Crippen LogP contribution >= 0.6 is 0 Å². The maximum atomic E-state index is 5.04. The van der Waals surface area contributed by atoms with Crippen LogP contribution in [-0.4, -0.2) is 29.5 Å². The summed E-state index contributed by atoms with van der Waals surface area (Å²) in [6.07, 6.45) is 3.50. The molecule has 0 aliphatic rings. The third kappa shape index (κ3) is 5.12. The Morgan fingerprint density at radius 3 is 1.27 bits per heavy atom. The first-order chi connectivity index (χ1) is 24.3. The highest BCUT2D eigenvalue weighted by Gasteiger charge is 2.23. The van der Waals surface area contributed by atoms with Gasteiger partial charge in [0.2, 0.25) is 0 Å². The van der Waals surface area contributed by atoms with Crippen molar-refractivity contribution in [2.75, 3.05) is 0 Å². The Bertz CT molecular complexity index is 2410. The van der Waals surface area contributed by atoms with Crippen LogP contribution in [0.3, 0.4) is 0 Å². The Hall–Kier alpha value is -6.79. The molecule has 5 aromatic carbocycles. The largest absolute Gasteiger partial charge is 0.308 e. The van der Waals surface area contributed by atoms with E-state index < -0.39 is 0 Å². The standard InChI is InChI=1S/C43H28N6/c1-3-15-29(16-4-1)34-27-31(41-46-42(36-21-11-13-25-44-36)48-43(47-41)37-22-12-14-26-45-37)28-35(30-17-5-2-6-18-30)40(34)49-38-23-9-7-19-32(38)33-20-8-10-24-39(33)49/h1-28H. The lowest BCUT2D eigenvalue weighted by atomic mass is 9.92. The first-order valence-electron chi connectivity index (χ1n) is 16.2. The molecule has 0 fully saturated rings. The molecule has 0 radical (unpaired) electrons. The van der Waals surface area contributed by atoms with E-state index >= 15 is 0 Å². The minimum atomic E-state index is 0.486. The van der Waals surface area contributed by atoms with Gasteiger partial charge in [-0.15, -0.1) is 0 Å². The molecule has 0 N–H and O–H groups in total.